The van der Waals surface area contributed by atoms with Crippen molar-refractivity contribution < 1.29 is 17.9 Å². The van der Waals surface area contributed by atoms with E-state index in [4.69, 9.17) is 4.74 Å². The summed E-state index contributed by atoms with van der Waals surface area (Å²) in [4.78, 5) is 14.7. The topological polar surface area (TPSA) is 105 Å². The van der Waals surface area contributed by atoms with E-state index in [2.05, 4.69) is 19.0 Å². The molecule has 1 saturated heterocycles. The Labute approximate surface area is 178 Å². The Kier molecular flexibility index (Phi) is 5.95. The zero-order valence-electron chi connectivity index (χ0n) is 16.3. The van der Waals surface area contributed by atoms with Gasteiger partial charge in [-0.1, -0.05) is 6.07 Å². The van der Waals surface area contributed by atoms with E-state index in [0.717, 1.165) is 34.8 Å². The lowest BCUT2D eigenvalue weighted by molar-refractivity contribution is -0.116. The highest BCUT2D eigenvalue weighted by atomic mass is 32.2. The maximum Gasteiger partial charge on any atom is 0.245 e. The zero-order valence-corrected chi connectivity index (χ0v) is 17.9. The fourth-order valence-corrected chi connectivity index (χ4v) is 5.10. The van der Waals surface area contributed by atoms with Crippen molar-refractivity contribution in [3.63, 3.8) is 0 Å². The van der Waals surface area contributed by atoms with E-state index in [-0.39, 0.29) is 11.4 Å². The number of nitrogens with zero attached hydrogens (tertiary/aromatic N) is 4. The summed E-state index contributed by atoms with van der Waals surface area (Å²) >= 11 is 0.949. The Morgan fingerprint density at radius 3 is 2.63 bits per heavy atom. The third-order valence-electron chi connectivity index (χ3n) is 4.83. The molecule has 2 aromatic carbocycles. The molecule has 1 amide bonds. The second-order valence-corrected chi connectivity index (χ2v) is 9.39. The van der Waals surface area contributed by atoms with E-state index in [1.54, 1.807) is 24.3 Å². The van der Waals surface area contributed by atoms with Crippen LogP contribution in [0, 0.1) is 0 Å². The fraction of sp³-hybridized carbons (Fsp3) is 0.316. The Bertz CT molecular complexity index is 1140. The van der Waals surface area contributed by atoms with E-state index in [9.17, 15) is 13.2 Å². The number of amides is 1. The number of carbonyl (C=O) groups excluding carboxylic acids is 1. The predicted octanol–water partition coefficient (Wildman–Crippen LogP) is 1.79. The molecule has 0 atom stereocenters. The van der Waals surface area contributed by atoms with Gasteiger partial charge in [-0.15, -0.1) is 0 Å². The highest BCUT2D eigenvalue weighted by Crippen LogP contribution is 2.24. The van der Waals surface area contributed by atoms with Crippen molar-refractivity contribution in [1.29, 1.82) is 0 Å². The van der Waals surface area contributed by atoms with Gasteiger partial charge in [-0.3, -0.25) is 4.79 Å². The van der Waals surface area contributed by atoms with Gasteiger partial charge in [0.2, 0.25) is 15.9 Å². The number of morpholine rings is 1. The molecule has 0 bridgehead atoms. The molecule has 0 unspecified atom stereocenters. The lowest BCUT2D eigenvalue weighted by atomic mass is 10.2. The Hall–Kier alpha value is -2.60. The highest BCUT2D eigenvalue weighted by molar-refractivity contribution is 7.89. The van der Waals surface area contributed by atoms with Crippen molar-refractivity contribution in [2.45, 2.75) is 4.90 Å². The minimum Gasteiger partial charge on any atom is -0.378 e. The van der Waals surface area contributed by atoms with E-state index < -0.39 is 15.9 Å². The molecule has 4 rings (SSSR count). The Morgan fingerprint density at radius 1 is 1.17 bits per heavy atom. The molecule has 0 radical (unpaired) electrons. The van der Waals surface area contributed by atoms with Gasteiger partial charge in [0.15, 0.2) is 0 Å². The molecule has 2 heterocycles. The predicted molar refractivity (Wildman–Crippen MR) is 115 cm³/mol. The Morgan fingerprint density at radius 2 is 1.90 bits per heavy atom. The van der Waals surface area contributed by atoms with E-state index in [1.807, 2.05) is 12.1 Å². The van der Waals surface area contributed by atoms with Crippen molar-refractivity contribution >= 4 is 50.1 Å². The van der Waals surface area contributed by atoms with E-state index in [0.29, 0.717) is 29.9 Å². The quantitative estimate of drug-likeness (QED) is 0.614. The van der Waals surface area contributed by atoms with Crippen molar-refractivity contribution in [2.24, 2.45) is 0 Å². The van der Waals surface area contributed by atoms with Crippen LogP contribution < -0.4 is 10.2 Å². The zero-order chi connectivity index (χ0) is 21.1. The smallest absolute Gasteiger partial charge is 0.245 e. The van der Waals surface area contributed by atoms with Crippen LogP contribution in [0.4, 0.5) is 11.4 Å². The van der Waals surface area contributed by atoms with Crippen LogP contribution in [0.25, 0.3) is 11.0 Å². The van der Waals surface area contributed by atoms with Gasteiger partial charge in [-0.05, 0) is 36.4 Å². The van der Waals surface area contributed by atoms with Crippen LogP contribution in [0.3, 0.4) is 0 Å². The molecule has 9 nitrogen and oxygen atoms in total. The molecule has 1 aliphatic rings. The fourth-order valence-electron chi connectivity index (χ4n) is 3.22. The summed E-state index contributed by atoms with van der Waals surface area (Å²) < 4.78 is 40.3. The van der Waals surface area contributed by atoms with Gasteiger partial charge in [-0.2, -0.15) is 13.1 Å². The van der Waals surface area contributed by atoms with Crippen molar-refractivity contribution in [3.05, 3.63) is 42.5 Å². The molecule has 0 spiro atoms. The average molecular weight is 448 g/mol. The van der Waals surface area contributed by atoms with Crippen LogP contribution in [0.2, 0.25) is 0 Å². The molecule has 1 aromatic heterocycles. The number of carbonyl (C=O) groups is 1. The Balaban J connectivity index is 1.41. The minimum atomic E-state index is -3.89. The van der Waals surface area contributed by atoms with Gasteiger partial charge in [0.05, 0.1) is 31.5 Å². The summed E-state index contributed by atoms with van der Waals surface area (Å²) in [5, 5.41) is 2.74. The van der Waals surface area contributed by atoms with E-state index in [1.165, 1.54) is 13.1 Å². The number of anilines is 2. The van der Waals surface area contributed by atoms with Gasteiger partial charge < -0.3 is 15.0 Å². The molecule has 1 N–H and O–H groups in total. The summed E-state index contributed by atoms with van der Waals surface area (Å²) in [6.07, 6.45) is 0. The molecule has 1 fully saturated rings. The third-order valence-corrected chi connectivity index (χ3v) is 7.21. The minimum absolute atomic E-state index is 0.0407. The second kappa shape index (κ2) is 8.64. The number of rotatable bonds is 6. The van der Waals surface area contributed by atoms with Gasteiger partial charge in [0.1, 0.15) is 15.9 Å². The average Bonchev–Trinajstić information content (AvgIpc) is 3.23. The molecule has 30 heavy (non-hydrogen) atoms. The molecule has 0 saturated carbocycles. The summed E-state index contributed by atoms with van der Waals surface area (Å²) in [6, 6.07) is 12.2. The first-order valence-corrected chi connectivity index (χ1v) is 11.5. The van der Waals surface area contributed by atoms with Gasteiger partial charge in [-0.25, -0.2) is 8.42 Å². The van der Waals surface area contributed by atoms with Crippen molar-refractivity contribution in [2.75, 3.05) is 50.1 Å². The number of fused-ring (bicyclic) bond motifs is 1. The molecule has 0 aliphatic carbocycles. The first kappa shape index (κ1) is 20.7. The number of benzene rings is 2. The monoisotopic (exact) mass is 447 g/mol. The van der Waals surface area contributed by atoms with Crippen LogP contribution >= 0.6 is 11.7 Å². The largest absolute Gasteiger partial charge is 0.378 e. The summed E-state index contributed by atoms with van der Waals surface area (Å²) in [7, 11) is -2.52. The van der Waals surface area contributed by atoms with Crippen LogP contribution in [-0.2, 0) is 19.6 Å². The number of hydrogen-bond acceptors (Lipinski definition) is 8. The number of likely N-dealkylation sites (N-methyl/N-ethyl adjacent to an activating group) is 1. The normalized spacial score (nSPS) is 14.9. The lowest BCUT2D eigenvalue weighted by Gasteiger charge is -2.28. The van der Waals surface area contributed by atoms with Crippen LogP contribution in [0.1, 0.15) is 0 Å². The van der Waals surface area contributed by atoms with E-state index >= 15 is 0 Å². The first-order chi connectivity index (χ1) is 14.4. The van der Waals surface area contributed by atoms with Crippen LogP contribution in [0.15, 0.2) is 47.4 Å². The van der Waals surface area contributed by atoms with Crippen LogP contribution in [0.5, 0.6) is 0 Å². The molecule has 3 aromatic rings. The lowest BCUT2D eigenvalue weighted by Crippen LogP contribution is -2.36. The standard InChI is InChI=1S/C19H21N5O4S2/c1-23(30(26,27)17-4-2-3-16-19(17)22-29-21-16)13-18(25)20-14-5-7-15(8-6-14)24-9-11-28-12-10-24/h2-8H,9-13H2,1H3,(H,20,25). The molecule has 1 aliphatic heterocycles. The number of aromatic nitrogens is 2. The number of sulfonamides is 1. The molecular weight excluding hydrogens is 426 g/mol. The summed E-state index contributed by atoms with van der Waals surface area (Å²) in [5.41, 5.74) is 2.49. The van der Waals surface area contributed by atoms with Crippen molar-refractivity contribution in [3.8, 4) is 0 Å². The number of hydrogen-bond donors (Lipinski definition) is 1. The number of ether oxygens (including phenoxy) is 1. The van der Waals surface area contributed by atoms with Gasteiger partial charge in [0.25, 0.3) is 0 Å². The molecule has 158 valence electrons. The third kappa shape index (κ3) is 4.29. The van der Waals surface area contributed by atoms with Crippen LogP contribution in [-0.4, -0.2) is 67.3 Å². The number of nitrogens with one attached hydrogen (secondary N) is 1. The first-order valence-electron chi connectivity index (χ1n) is 9.35. The van der Waals surface area contributed by atoms with Gasteiger partial charge in [0, 0.05) is 31.5 Å². The summed E-state index contributed by atoms with van der Waals surface area (Å²) in [5.74, 6) is -0.427. The maximum atomic E-state index is 12.9. The highest BCUT2D eigenvalue weighted by Gasteiger charge is 2.26. The molecular formula is C19H21N5O4S2. The maximum absolute atomic E-state index is 12.9. The second-order valence-electron chi connectivity index (χ2n) is 6.84. The van der Waals surface area contributed by atoms with Gasteiger partial charge >= 0.3 is 0 Å². The SMILES string of the molecule is CN(CC(=O)Nc1ccc(N2CCOCC2)cc1)S(=O)(=O)c1cccc2nsnc12. The van der Waals surface area contributed by atoms with Crippen molar-refractivity contribution in [1.82, 2.24) is 13.1 Å². The summed E-state index contributed by atoms with van der Waals surface area (Å²) in [6.45, 7) is 2.74. The molecule has 11 heteroatoms.